The summed E-state index contributed by atoms with van der Waals surface area (Å²) in [6.07, 6.45) is 35.9. The van der Waals surface area contributed by atoms with Gasteiger partial charge in [0.1, 0.15) is 16.8 Å². The van der Waals surface area contributed by atoms with Crippen LogP contribution in [0.1, 0.15) is 352 Å². The van der Waals surface area contributed by atoms with Crippen molar-refractivity contribution >= 4 is 29.8 Å². The topological polar surface area (TPSA) is 150 Å². The Kier molecular flexibility index (Phi) is 27.1. The van der Waals surface area contributed by atoms with Gasteiger partial charge in [-0.3, -0.25) is 24.0 Å². The van der Waals surface area contributed by atoms with E-state index in [2.05, 4.69) is 48.5 Å². The zero-order valence-electron chi connectivity index (χ0n) is 65.9. The molecule has 0 heterocycles. The average Bonchev–Trinajstić information content (AvgIpc) is 1.31. The molecule has 12 aliphatic rings. The molecular formula is C84H146O12. The van der Waals surface area contributed by atoms with Gasteiger partial charge in [-0.1, -0.05) is 74.7 Å². The SMILES string of the molecule is CCC(C)(C)C(=O)OC(C)(C)C1CCCCC1.CCC(C)(C)C(=O)OC(C)(CC)C12CC3CC(CC(C3)C1)C2.CCC(C)(C)C(=O)OC(C)OC1CC2CC1C1C3CCC(C3)C21.CCC(C)(C)C(=O)OC(C)OC1CC2CCC1C2.CCC(C)(C)C(=O)OC1(C(C)C)CCCC1. The predicted molar refractivity (Wildman–Crippen MR) is 385 cm³/mol. The molecule has 0 aromatic heterocycles. The lowest BCUT2D eigenvalue weighted by atomic mass is 9.45. The van der Waals surface area contributed by atoms with E-state index in [1.165, 1.54) is 135 Å². The van der Waals surface area contributed by atoms with Crippen LogP contribution in [0.5, 0.6) is 0 Å². The number of ether oxygens (including phenoxy) is 7. The van der Waals surface area contributed by atoms with E-state index in [1.807, 2.05) is 111 Å². The standard InChI is InChI=1S/C20H32O3.C20H34O2.C15H26O3.C15H28O2.C14H26O2/c1-5-20(3,4)19(21)23-11(2)22-16-10-14-9-15(16)18-13-7-6-12(8-13)17(14)18;1-6-18(3,4)17(21)22-19(5,7-2)20-11-14-8-15(12-20)10-16(9-14)13-20;1-5-15(3,4)14(16)18-10(2)17-13-9-11-6-7-12(13)8-11;1-6-14(2,3)13(16)17-15(4,5)12-10-8-7-9-11-12;1-6-13(4,5)12(15)16-14(11(2)3)9-7-8-10-14/h11-18H,5-10H2,1-4H3;14-16H,6-13H2,1-5H3;10-13H,5-9H2,1-4H3;12H,6-11H2,1-5H3;11H,6-10H2,1-5H3. The Balaban J connectivity index is 0.000000171. The quantitative estimate of drug-likeness (QED) is 0.0415. The highest BCUT2D eigenvalue weighted by Gasteiger charge is 2.64. The van der Waals surface area contributed by atoms with Gasteiger partial charge < -0.3 is 33.2 Å². The number of esters is 5. The highest BCUT2D eigenvalue weighted by atomic mass is 16.7. The summed E-state index contributed by atoms with van der Waals surface area (Å²) in [6, 6.07) is 0. The number of carbonyl (C=O) groups is 5. The van der Waals surface area contributed by atoms with Crippen LogP contribution < -0.4 is 0 Å². The van der Waals surface area contributed by atoms with Crippen molar-refractivity contribution in [3.8, 4) is 0 Å². The van der Waals surface area contributed by atoms with Crippen LogP contribution in [-0.4, -0.2) is 71.4 Å². The molecule has 13 atom stereocenters. The van der Waals surface area contributed by atoms with Crippen LogP contribution in [0.2, 0.25) is 0 Å². The fourth-order valence-electron chi connectivity index (χ4n) is 19.9. The summed E-state index contributed by atoms with van der Waals surface area (Å²) in [4.78, 5) is 61.2. The molecule has 0 amide bonds. The predicted octanol–water partition coefficient (Wildman–Crippen LogP) is 21.5. The molecule has 12 saturated carbocycles. The van der Waals surface area contributed by atoms with Crippen molar-refractivity contribution in [3.05, 3.63) is 0 Å². The minimum atomic E-state index is -0.415. The van der Waals surface area contributed by atoms with Gasteiger partial charge in [0.15, 0.2) is 12.6 Å². The summed E-state index contributed by atoms with van der Waals surface area (Å²) in [5.41, 5.74) is -2.38. The zero-order chi connectivity index (χ0) is 71.4. The van der Waals surface area contributed by atoms with E-state index < -0.39 is 23.4 Å². The van der Waals surface area contributed by atoms with Crippen molar-refractivity contribution in [1.29, 1.82) is 0 Å². The van der Waals surface area contributed by atoms with E-state index in [0.717, 1.165) is 117 Å². The fraction of sp³-hybridized carbons (Fsp3) is 0.940. The number of hydrogen-bond acceptors (Lipinski definition) is 12. The second kappa shape index (κ2) is 32.3. The summed E-state index contributed by atoms with van der Waals surface area (Å²) in [6.45, 7) is 46.5. The molecule has 13 unspecified atom stereocenters. The second-order valence-electron chi connectivity index (χ2n) is 37.9. The van der Waals surface area contributed by atoms with E-state index in [1.54, 1.807) is 0 Å². The van der Waals surface area contributed by atoms with Crippen molar-refractivity contribution in [1.82, 2.24) is 0 Å². The molecule has 0 aliphatic heterocycles. The zero-order valence-corrected chi connectivity index (χ0v) is 65.9. The van der Waals surface area contributed by atoms with E-state index >= 15 is 0 Å². The lowest BCUT2D eigenvalue weighted by Crippen LogP contribution is -2.59. The van der Waals surface area contributed by atoms with Gasteiger partial charge in [-0.15, -0.1) is 0 Å². The van der Waals surface area contributed by atoms with Crippen LogP contribution in [0.3, 0.4) is 0 Å². The third-order valence-corrected chi connectivity index (χ3v) is 28.7. The third-order valence-electron chi connectivity index (χ3n) is 28.7. The van der Waals surface area contributed by atoms with Gasteiger partial charge in [-0.2, -0.15) is 0 Å². The van der Waals surface area contributed by atoms with Gasteiger partial charge in [0.05, 0.1) is 39.3 Å². The molecule has 554 valence electrons. The van der Waals surface area contributed by atoms with Crippen molar-refractivity contribution in [2.24, 2.45) is 109 Å². The molecule has 0 saturated heterocycles. The van der Waals surface area contributed by atoms with Crippen molar-refractivity contribution in [3.63, 3.8) is 0 Å². The van der Waals surface area contributed by atoms with Crippen molar-refractivity contribution in [2.45, 2.75) is 393 Å². The first-order valence-electron chi connectivity index (χ1n) is 40.1. The molecule has 10 bridgehead atoms. The highest BCUT2D eigenvalue weighted by Crippen LogP contribution is 2.68. The van der Waals surface area contributed by atoms with Gasteiger partial charge in [-0.05, 0) is 354 Å². The Morgan fingerprint density at radius 1 is 0.396 bits per heavy atom. The second-order valence-corrected chi connectivity index (χ2v) is 37.9. The Morgan fingerprint density at radius 2 is 0.833 bits per heavy atom. The first kappa shape index (κ1) is 80.6. The maximum Gasteiger partial charge on any atom is 0.313 e. The van der Waals surface area contributed by atoms with Gasteiger partial charge in [0.2, 0.25) is 0 Å². The van der Waals surface area contributed by atoms with Crippen LogP contribution in [0.25, 0.3) is 0 Å². The average molecular weight is 1350 g/mol. The van der Waals surface area contributed by atoms with Crippen LogP contribution in [-0.2, 0) is 57.1 Å². The molecule has 12 fully saturated rings. The molecular weight excluding hydrogens is 1200 g/mol. The van der Waals surface area contributed by atoms with Gasteiger partial charge in [-0.25, -0.2) is 0 Å². The van der Waals surface area contributed by atoms with Crippen molar-refractivity contribution < 1.29 is 57.1 Å². The summed E-state index contributed by atoms with van der Waals surface area (Å²) in [5.74, 6) is 10.4. The largest absolute Gasteiger partial charge is 0.459 e. The van der Waals surface area contributed by atoms with Crippen LogP contribution in [0.15, 0.2) is 0 Å². The fourth-order valence-corrected chi connectivity index (χ4v) is 19.9. The summed E-state index contributed by atoms with van der Waals surface area (Å²) in [5, 5.41) is 0. The first-order chi connectivity index (χ1) is 44.7. The van der Waals surface area contributed by atoms with E-state index in [9.17, 15) is 24.0 Å². The Hall–Kier alpha value is -2.73. The molecule has 0 spiro atoms. The molecule has 0 aromatic rings. The summed E-state index contributed by atoms with van der Waals surface area (Å²) < 4.78 is 41.1. The summed E-state index contributed by atoms with van der Waals surface area (Å²) >= 11 is 0. The molecule has 12 aliphatic carbocycles. The molecule has 12 heteroatoms. The Morgan fingerprint density at radius 3 is 1.27 bits per heavy atom. The van der Waals surface area contributed by atoms with Crippen LogP contribution in [0.4, 0.5) is 0 Å². The molecule has 0 aromatic carbocycles. The van der Waals surface area contributed by atoms with Crippen LogP contribution >= 0.6 is 0 Å². The minimum Gasteiger partial charge on any atom is -0.459 e. The third kappa shape index (κ3) is 18.7. The highest BCUT2D eigenvalue weighted by molar-refractivity contribution is 5.78. The van der Waals surface area contributed by atoms with Crippen molar-refractivity contribution in [2.75, 3.05) is 0 Å². The first-order valence-corrected chi connectivity index (χ1v) is 40.1. The van der Waals surface area contributed by atoms with E-state index in [4.69, 9.17) is 33.2 Å². The Bertz CT molecular complexity index is 2510. The van der Waals surface area contributed by atoms with E-state index in [-0.39, 0.29) is 68.3 Å². The number of rotatable bonds is 23. The van der Waals surface area contributed by atoms with Gasteiger partial charge in [0, 0.05) is 5.41 Å². The van der Waals surface area contributed by atoms with E-state index in [0.29, 0.717) is 30.0 Å². The molecule has 96 heavy (non-hydrogen) atoms. The molecule has 12 nitrogen and oxygen atoms in total. The minimum absolute atomic E-state index is 0.00935. The Labute approximate surface area is 587 Å². The lowest BCUT2D eigenvalue weighted by molar-refractivity contribution is -0.212. The smallest absolute Gasteiger partial charge is 0.313 e. The van der Waals surface area contributed by atoms with Gasteiger partial charge in [0.25, 0.3) is 0 Å². The lowest BCUT2D eigenvalue weighted by Gasteiger charge is -2.62. The maximum absolute atomic E-state index is 12.7. The molecule has 0 N–H and O–H groups in total. The maximum atomic E-state index is 12.7. The molecule has 0 radical (unpaired) electrons. The normalized spacial score (nSPS) is 32.8. The number of carbonyl (C=O) groups excluding carboxylic acids is 5. The molecule has 12 rings (SSSR count). The number of hydrogen-bond donors (Lipinski definition) is 0. The van der Waals surface area contributed by atoms with Gasteiger partial charge >= 0.3 is 29.8 Å². The summed E-state index contributed by atoms with van der Waals surface area (Å²) in [7, 11) is 0. The monoisotopic (exact) mass is 1350 g/mol. The van der Waals surface area contributed by atoms with Crippen LogP contribution in [0, 0.1) is 109 Å². The number of fused-ring (bicyclic) bond motifs is 11.